The molecule has 6 nitrogen and oxygen atoms in total. The number of ether oxygens (including phenoxy) is 2. The second kappa shape index (κ2) is 6.70. The van der Waals surface area contributed by atoms with Gasteiger partial charge in [-0.05, 0) is 49.2 Å². The number of nitrogens with zero attached hydrogens (tertiary/aromatic N) is 2. The molecule has 2 aliphatic rings. The van der Waals surface area contributed by atoms with Crippen LogP contribution in [0.3, 0.4) is 0 Å². The van der Waals surface area contributed by atoms with Gasteiger partial charge in [-0.3, -0.25) is 0 Å². The minimum Gasteiger partial charge on any atom is -0.461 e. The molecular weight excluding hydrogens is 332 g/mol. The van der Waals surface area contributed by atoms with E-state index in [0.717, 1.165) is 22.5 Å². The zero-order valence-electron chi connectivity index (χ0n) is 15.1. The molecule has 0 bridgehead atoms. The van der Waals surface area contributed by atoms with Crippen LogP contribution in [0, 0.1) is 13.8 Å². The van der Waals surface area contributed by atoms with Crippen LogP contribution in [0.25, 0.3) is 0 Å². The Bertz CT molecular complexity index is 743. The lowest BCUT2D eigenvalue weighted by atomic mass is 10.1. The standard InChI is InChI=1S/C20H24N2O4/c1-13-3-5-17-15(9-13)21(11-19(23)25-17)7-8-22-12-20(24)26-18-6-4-14(2)10-16(18)22/h3-6,9-10,19-20,23-24H,7-8,11-12H2,1-2H3/t19-,20-/m0/s1. The first kappa shape index (κ1) is 17.0. The maximum Gasteiger partial charge on any atom is 0.215 e. The quantitative estimate of drug-likeness (QED) is 0.877. The molecule has 0 spiro atoms. The van der Waals surface area contributed by atoms with Crippen LogP contribution in [0.5, 0.6) is 11.5 Å². The Labute approximate surface area is 153 Å². The van der Waals surface area contributed by atoms with Gasteiger partial charge in [-0.25, -0.2) is 0 Å². The number of aryl methyl sites for hydroxylation is 2. The Hall–Kier alpha value is -2.44. The van der Waals surface area contributed by atoms with Crippen LogP contribution in [0.4, 0.5) is 11.4 Å². The van der Waals surface area contributed by atoms with Gasteiger partial charge in [-0.15, -0.1) is 0 Å². The van der Waals surface area contributed by atoms with E-state index in [4.69, 9.17) is 9.47 Å². The van der Waals surface area contributed by atoms with Gasteiger partial charge in [0.05, 0.1) is 24.5 Å². The fraction of sp³-hybridized carbons (Fsp3) is 0.400. The molecule has 6 heteroatoms. The van der Waals surface area contributed by atoms with Crippen molar-refractivity contribution >= 4 is 11.4 Å². The third kappa shape index (κ3) is 3.30. The third-order valence-corrected chi connectivity index (χ3v) is 4.83. The van der Waals surface area contributed by atoms with E-state index in [0.29, 0.717) is 37.7 Å². The van der Waals surface area contributed by atoms with Crippen molar-refractivity contribution in [3.63, 3.8) is 0 Å². The van der Waals surface area contributed by atoms with Crippen LogP contribution in [-0.4, -0.2) is 49.0 Å². The highest BCUT2D eigenvalue weighted by Gasteiger charge is 2.27. The van der Waals surface area contributed by atoms with Crippen LogP contribution in [0.1, 0.15) is 11.1 Å². The van der Waals surface area contributed by atoms with Crippen LogP contribution in [0.2, 0.25) is 0 Å². The zero-order valence-corrected chi connectivity index (χ0v) is 15.1. The second-order valence-electron chi connectivity index (χ2n) is 6.98. The zero-order chi connectivity index (χ0) is 18.3. The van der Waals surface area contributed by atoms with Gasteiger partial charge in [0.15, 0.2) is 0 Å². The van der Waals surface area contributed by atoms with Gasteiger partial charge < -0.3 is 29.5 Å². The fourth-order valence-electron chi connectivity index (χ4n) is 3.55. The molecule has 0 amide bonds. The summed E-state index contributed by atoms with van der Waals surface area (Å²) in [6, 6.07) is 11.9. The number of β-amino-alcohol motifs (C(OH)–C–C–N with tert-alkyl or cyclic N) is 2. The van der Waals surface area contributed by atoms with E-state index >= 15 is 0 Å². The van der Waals surface area contributed by atoms with Crippen LogP contribution < -0.4 is 19.3 Å². The van der Waals surface area contributed by atoms with Crippen molar-refractivity contribution in [1.29, 1.82) is 0 Å². The SMILES string of the molecule is Cc1ccc2c(c1)N(CCN1C[C@@H](O)Oc3ccc(C)cc31)C[C@@H](O)O2. The van der Waals surface area contributed by atoms with Gasteiger partial charge in [-0.2, -0.15) is 0 Å². The molecule has 138 valence electrons. The summed E-state index contributed by atoms with van der Waals surface area (Å²) < 4.78 is 11.1. The number of hydrogen-bond acceptors (Lipinski definition) is 6. The Morgan fingerprint density at radius 3 is 1.65 bits per heavy atom. The number of anilines is 2. The number of aliphatic hydroxyl groups excluding tert-OH is 2. The first-order valence-corrected chi connectivity index (χ1v) is 8.90. The normalized spacial score (nSPS) is 21.5. The molecule has 2 heterocycles. The topological polar surface area (TPSA) is 65.4 Å². The smallest absolute Gasteiger partial charge is 0.215 e. The minimum atomic E-state index is -0.838. The lowest BCUT2D eigenvalue weighted by Gasteiger charge is -2.38. The molecule has 0 fully saturated rings. The van der Waals surface area contributed by atoms with Crippen LogP contribution in [-0.2, 0) is 0 Å². The predicted octanol–water partition coefficient (Wildman–Crippen LogP) is 2.04. The van der Waals surface area contributed by atoms with Gasteiger partial charge in [0.1, 0.15) is 11.5 Å². The highest BCUT2D eigenvalue weighted by Crippen LogP contribution is 2.36. The Balaban J connectivity index is 1.55. The molecule has 2 atom stereocenters. The molecular formula is C20H24N2O4. The number of fused-ring (bicyclic) bond motifs is 2. The predicted molar refractivity (Wildman–Crippen MR) is 100 cm³/mol. The summed E-state index contributed by atoms with van der Waals surface area (Å²) in [6.07, 6.45) is -1.68. The molecule has 2 N–H and O–H groups in total. The summed E-state index contributed by atoms with van der Waals surface area (Å²) >= 11 is 0. The minimum absolute atomic E-state index is 0.421. The first-order valence-electron chi connectivity index (χ1n) is 8.90. The molecule has 0 aliphatic carbocycles. The van der Waals surface area contributed by atoms with Crippen molar-refractivity contribution < 1.29 is 19.7 Å². The number of rotatable bonds is 3. The fourth-order valence-corrected chi connectivity index (χ4v) is 3.55. The maximum atomic E-state index is 10.0. The van der Waals surface area contributed by atoms with Crippen molar-refractivity contribution in [2.75, 3.05) is 36.0 Å². The number of benzene rings is 2. The monoisotopic (exact) mass is 356 g/mol. The lowest BCUT2D eigenvalue weighted by Crippen LogP contribution is -2.47. The van der Waals surface area contributed by atoms with E-state index in [1.165, 1.54) is 0 Å². The van der Waals surface area contributed by atoms with E-state index in [-0.39, 0.29) is 0 Å². The average molecular weight is 356 g/mol. The summed E-state index contributed by atoms with van der Waals surface area (Å²) in [4.78, 5) is 4.27. The van der Waals surface area contributed by atoms with Crippen molar-refractivity contribution in [3.05, 3.63) is 47.5 Å². The van der Waals surface area contributed by atoms with E-state index in [9.17, 15) is 10.2 Å². The molecule has 4 rings (SSSR count). The summed E-state index contributed by atoms with van der Waals surface area (Å²) in [5, 5.41) is 20.1. The van der Waals surface area contributed by atoms with E-state index in [1.807, 2.05) is 38.1 Å². The van der Waals surface area contributed by atoms with Gasteiger partial charge >= 0.3 is 0 Å². The van der Waals surface area contributed by atoms with Gasteiger partial charge in [0.25, 0.3) is 0 Å². The first-order chi connectivity index (χ1) is 12.5. The van der Waals surface area contributed by atoms with Crippen LogP contribution >= 0.6 is 0 Å². The Kier molecular flexibility index (Phi) is 4.38. The summed E-state index contributed by atoms with van der Waals surface area (Å²) in [5.74, 6) is 1.40. The highest BCUT2D eigenvalue weighted by atomic mass is 16.6. The van der Waals surface area contributed by atoms with E-state index < -0.39 is 12.6 Å². The van der Waals surface area contributed by atoms with Gasteiger partial charge in [0, 0.05) is 13.1 Å². The largest absolute Gasteiger partial charge is 0.461 e. The molecule has 0 aromatic heterocycles. The maximum absolute atomic E-state index is 10.0. The molecule has 2 aromatic carbocycles. The molecule has 0 saturated heterocycles. The van der Waals surface area contributed by atoms with Gasteiger partial charge in [0.2, 0.25) is 12.6 Å². The van der Waals surface area contributed by atoms with Crippen molar-refractivity contribution in [3.8, 4) is 11.5 Å². The van der Waals surface area contributed by atoms with Crippen molar-refractivity contribution in [1.82, 2.24) is 0 Å². The third-order valence-electron chi connectivity index (χ3n) is 4.83. The summed E-state index contributed by atoms with van der Waals surface area (Å²) in [6.45, 7) is 6.34. The van der Waals surface area contributed by atoms with Crippen molar-refractivity contribution in [2.24, 2.45) is 0 Å². The van der Waals surface area contributed by atoms with Crippen LogP contribution in [0.15, 0.2) is 36.4 Å². The van der Waals surface area contributed by atoms with E-state index in [1.54, 1.807) is 0 Å². The Morgan fingerprint density at radius 1 is 0.808 bits per heavy atom. The summed E-state index contributed by atoms with van der Waals surface area (Å²) in [5.41, 5.74) is 4.29. The molecule has 26 heavy (non-hydrogen) atoms. The second-order valence-corrected chi connectivity index (χ2v) is 6.98. The number of aliphatic hydroxyl groups is 2. The molecule has 2 aliphatic heterocycles. The summed E-state index contributed by atoms with van der Waals surface area (Å²) in [7, 11) is 0. The van der Waals surface area contributed by atoms with Gasteiger partial charge in [-0.1, -0.05) is 12.1 Å². The number of hydrogen-bond donors (Lipinski definition) is 2. The molecule has 0 unspecified atom stereocenters. The lowest BCUT2D eigenvalue weighted by molar-refractivity contribution is -0.0189. The molecule has 0 radical (unpaired) electrons. The highest BCUT2D eigenvalue weighted by molar-refractivity contribution is 5.63. The molecule has 2 aromatic rings. The van der Waals surface area contributed by atoms with E-state index in [2.05, 4.69) is 21.9 Å². The average Bonchev–Trinajstić information content (AvgIpc) is 2.60. The molecule has 0 saturated carbocycles. The Morgan fingerprint density at radius 2 is 1.23 bits per heavy atom. The van der Waals surface area contributed by atoms with Crippen molar-refractivity contribution in [2.45, 2.75) is 26.4 Å².